The first-order valence-electron chi connectivity index (χ1n) is 7.42. The van der Waals surface area contributed by atoms with Crippen LogP contribution < -0.4 is 5.32 Å². The van der Waals surface area contributed by atoms with Crippen LogP contribution in [0.3, 0.4) is 0 Å². The number of piperidine rings is 1. The lowest BCUT2D eigenvalue weighted by Crippen LogP contribution is -2.36. The zero-order valence-corrected chi connectivity index (χ0v) is 11.5. The molecule has 0 aromatic rings. The predicted molar refractivity (Wildman–Crippen MR) is 71.8 cm³/mol. The van der Waals surface area contributed by atoms with Gasteiger partial charge in [0.1, 0.15) is 0 Å². The molecule has 1 aliphatic rings. The molecule has 1 heterocycles. The van der Waals surface area contributed by atoms with Crippen molar-refractivity contribution in [1.29, 1.82) is 0 Å². The van der Waals surface area contributed by atoms with Gasteiger partial charge in [-0.15, -0.1) is 0 Å². The van der Waals surface area contributed by atoms with Crippen molar-refractivity contribution in [2.45, 2.75) is 90.6 Å². The van der Waals surface area contributed by atoms with E-state index in [-0.39, 0.29) is 0 Å². The van der Waals surface area contributed by atoms with Gasteiger partial charge in [-0.1, -0.05) is 51.9 Å². The van der Waals surface area contributed by atoms with Crippen LogP contribution in [0, 0.1) is 5.92 Å². The van der Waals surface area contributed by atoms with Crippen LogP contribution in [-0.4, -0.2) is 12.1 Å². The molecule has 0 amide bonds. The van der Waals surface area contributed by atoms with Crippen molar-refractivity contribution < 1.29 is 0 Å². The van der Waals surface area contributed by atoms with E-state index in [1.807, 2.05) is 0 Å². The SMILES string of the molecule is CCCCCCCCC1CC(C)[N]C(C)C1. The molecule has 0 N–H and O–H groups in total. The van der Waals surface area contributed by atoms with Gasteiger partial charge in [-0.2, -0.15) is 0 Å². The molecule has 1 nitrogen and oxygen atoms in total. The molecule has 0 aromatic carbocycles. The fraction of sp³-hybridized carbons (Fsp3) is 1.00. The highest BCUT2D eigenvalue weighted by Gasteiger charge is 2.23. The molecule has 0 bridgehead atoms. The van der Waals surface area contributed by atoms with E-state index in [1.54, 1.807) is 0 Å². The first-order valence-corrected chi connectivity index (χ1v) is 7.42. The normalized spacial score (nSPS) is 30.6. The van der Waals surface area contributed by atoms with Gasteiger partial charge in [0.15, 0.2) is 0 Å². The topological polar surface area (TPSA) is 14.1 Å². The molecule has 0 saturated carbocycles. The third-order valence-corrected chi connectivity index (χ3v) is 3.82. The van der Waals surface area contributed by atoms with Crippen LogP contribution in [0.2, 0.25) is 0 Å². The summed E-state index contributed by atoms with van der Waals surface area (Å²) in [5.74, 6) is 0.966. The molecular formula is C15H30N. The van der Waals surface area contributed by atoms with Crippen LogP contribution in [0.15, 0.2) is 0 Å². The molecule has 1 fully saturated rings. The fourth-order valence-electron chi connectivity index (χ4n) is 3.07. The Kier molecular flexibility index (Phi) is 7.11. The smallest absolute Gasteiger partial charge is 0.0223 e. The van der Waals surface area contributed by atoms with Gasteiger partial charge in [0, 0.05) is 12.1 Å². The summed E-state index contributed by atoms with van der Waals surface area (Å²) in [4.78, 5) is 0. The largest absolute Gasteiger partial charge is 0.236 e. The van der Waals surface area contributed by atoms with Gasteiger partial charge < -0.3 is 0 Å². The summed E-state index contributed by atoms with van der Waals surface area (Å²) < 4.78 is 0. The summed E-state index contributed by atoms with van der Waals surface area (Å²) in [6.45, 7) is 6.85. The second-order valence-corrected chi connectivity index (χ2v) is 5.74. The Morgan fingerprint density at radius 3 is 2.06 bits per heavy atom. The van der Waals surface area contributed by atoms with E-state index >= 15 is 0 Å². The van der Waals surface area contributed by atoms with Gasteiger partial charge in [0.25, 0.3) is 0 Å². The van der Waals surface area contributed by atoms with Gasteiger partial charge in [-0.05, 0) is 32.6 Å². The van der Waals surface area contributed by atoms with Crippen molar-refractivity contribution in [2.75, 3.05) is 0 Å². The highest BCUT2D eigenvalue weighted by atomic mass is 14.9. The Bertz CT molecular complexity index is 157. The Labute approximate surface area is 102 Å². The molecule has 1 radical (unpaired) electrons. The maximum absolute atomic E-state index is 4.70. The van der Waals surface area contributed by atoms with E-state index in [9.17, 15) is 0 Å². The third-order valence-electron chi connectivity index (χ3n) is 3.82. The fourth-order valence-corrected chi connectivity index (χ4v) is 3.07. The Morgan fingerprint density at radius 2 is 1.44 bits per heavy atom. The minimum Gasteiger partial charge on any atom is -0.236 e. The quantitative estimate of drug-likeness (QED) is 0.564. The molecule has 1 aliphatic heterocycles. The summed E-state index contributed by atoms with van der Waals surface area (Å²) in [6.07, 6.45) is 12.7. The Morgan fingerprint density at radius 1 is 0.875 bits per heavy atom. The van der Waals surface area contributed by atoms with Crippen LogP contribution in [0.1, 0.15) is 78.6 Å². The summed E-state index contributed by atoms with van der Waals surface area (Å²) in [7, 11) is 0. The standard InChI is InChI=1S/C15H30N/c1-4-5-6-7-8-9-10-15-11-13(2)16-14(3)12-15/h13-15H,4-12H2,1-3H3. The summed E-state index contributed by atoms with van der Waals surface area (Å²) in [5.41, 5.74) is 0. The maximum Gasteiger partial charge on any atom is 0.0223 e. The molecule has 2 atom stereocenters. The monoisotopic (exact) mass is 224 g/mol. The van der Waals surface area contributed by atoms with Gasteiger partial charge in [0.05, 0.1) is 0 Å². The molecule has 1 saturated heterocycles. The lowest BCUT2D eigenvalue weighted by atomic mass is 9.85. The third kappa shape index (κ3) is 5.89. The summed E-state index contributed by atoms with van der Waals surface area (Å²) in [5, 5.41) is 4.70. The van der Waals surface area contributed by atoms with Gasteiger partial charge in [-0.3, -0.25) is 0 Å². The Hall–Kier alpha value is -0.0400. The second kappa shape index (κ2) is 8.11. The number of hydrogen-bond donors (Lipinski definition) is 0. The Balaban J connectivity index is 1.99. The number of unbranched alkanes of at least 4 members (excludes halogenated alkanes) is 5. The van der Waals surface area contributed by atoms with Crippen LogP contribution in [0.25, 0.3) is 0 Å². The van der Waals surface area contributed by atoms with Gasteiger partial charge >= 0.3 is 0 Å². The van der Waals surface area contributed by atoms with Crippen LogP contribution in [0.4, 0.5) is 0 Å². The van der Waals surface area contributed by atoms with Gasteiger partial charge in [0.2, 0.25) is 0 Å². The highest BCUT2D eigenvalue weighted by Crippen LogP contribution is 2.26. The van der Waals surface area contributed by atoms with Crippen molar-refractivity contribution in [3.05, 3.63) is 0 Å². The number of hydrogen-bond acceptors (Lipinski definition) is 0. The second-order valence-electron chi connectivity index (χ2n) is 5.74. The van der Waals surface area contributed by atoms with E-state index in [1.165, 1.54) is 57.8 Å². The molecule has 0 aromatic heterocycles. The zero-order valence-electron chi connectivity index (χ0n) is 11.5. The van der Waals surface area contributed by atoms with E-state index < -0.39 is 0 Å². The van der Waals surface area contributed by atoms with Crippen LogP contribution in [0.5, 0.6) is 0 Å². The van der Waals surface area contributed by atoms with Crippen molar-refractivity contribution in [1.82, 2.24) is 5.32 Å². The van der Waals surface area contributed by atoms with Crippen molar-refractivity contribution in [2.24, 2.45) is 5.92 Å². The molecule has 0 spiro atoms. The number of rotatable bonds is 7. The van der Waals surface area contributed by atoms with E-state index in [2.05, 4.69) is 20.8 Å². The minimum atomic E-state index is 0.619. The molecule has 1 heteroatoms. The van der Waals surface area contributed by atoms with Crippen LogP contribution >= 0.6 is 0 Å². The lowest BCUT2D eigenvalue weighted by Gasteiger charge is -2.31. The van der Waals surface area contributed by atoms with Crippen molar-refractivity contribution in [3.8, 4) is 0 Å². The van der Waals surface area contributed by atoms with Gasteiger partial charge in [-0.25, -0.2) is 5.32 Å². The van der Waals surface area contributed by atoms with E-state index in [4.69, 9.17) is 5.32 Å². The lowest BCUT2D eigenvalue weighted by molar-refractivity contribution is 0.241. The van der Waals surface area contributed by atoms with Crippen molar-refractivity contribution >= 4 is 0 Å². The molecule has 1 rings (SSSR count). The number of nitrogens with zero attached hydrogens (tertiary/aromatic N) is 1. The summed E-state index contributed by atoms with van der Waals surface area (Å²) in [6, 6.07) is 1.24. The minimum absolute atomic E-state index is 0.619. The molecule has 16 heavy (non-hydrogen) atoms. The van der Waals surface area contributed by atoms with E-state index in [0.29, 0.717) is 12.1 Å². The molecule has 2 unspecified atom stereocenters. The van der Waals surface area contributed by atoms with E-state index in [0.717, 1.165) is 5.92 Å². The first kappa shape index (κ1) is 14.0. The first-order chi connectivity index (χ1) is 7.72. The maximum atomic E-state index is 4.70. The predicted octanol–water partition coefficient (Wildman–Crippen LogP) is 4.53. The highest BCUT2D eigenvalue weighted by molar-refractivity contribution is 4.80. The molecule has 95 valence electrons. The van der Waals surface area contributed by atoms with Crippen LogP contribution in [-0.2, 0) is 0 Å². The average molecular weight is 224 g/mol. The molecular weight excluding hydrogens is 194 g/mol. The van der Waals surface area contributed by atoms with Crippen molar-refractivity contribution in [3.63, 3.8) is 0 Å². The summed E-state index contributed by atoms with van der Waals surface area (Å²) >= 11 is 0. The molecule has 0 aliphatic carbocycles. The average Bonchev–Trinajstić information content (AvgIpc) is 2.22. The zero-order chi connectivity index (χ0) is 11.8.